The molecule has 0 saturated heterocycles. The molecule has 0 aliphatic heterocycles. The minimum atomic E-state index is -1.44. The van der Waals surface area contributed by atoms with Crippen molar-refractivity contribution in [3.63, 3.8) is 0 Å². The molecular formula is FeMnO2Zr. The van der Waals surface area contributed by atoms with Gasteiger partial charge in [-0.2, -0.15) is 0 Å². The first-order chi connectivity index (χ1) is 1.41. The Hall–Kier alpha value is 1.52. The summed E-state index contributed by atoms with van der Waals surface area (Å²) < 4.78 is 16.8. The van der Waals surface area contributed by atoms with E-state index in [0.717, 1.165) is 0 Å². The van der Waals surface area contributed by atoms with Gasteiger partial charge in [0.1, 0.15) is 0 Å². The standard InChI is InChI=1S/Fe.Mn.2O.Zr. The minimum Gasteiger partial charge on any atom is 0 e. The second-order valence-corrected chi connectivity index (χ2v) is 0.260. The predicted octanol–water partition coefficient (Wildman–Crippen LogP) is -0.245. The first-order valence-corrected chi connectivity index (χ1v) is 1.27. The van der Waals surface area contributed by atoms with Crippen LogP contribution in [0.25, 0.3) is 0 Å². The Morgan fingerprint density at radius 2 is 1.20 bits per heavy atom. The fourth-order valence-corrected chi connectivity index (χ4v) is 0. The Bertz CT molecular complexity index is 30.6. The molecule has 0 aromatic rings. The van der Waals surface area contributed by atoms with E-state index < -0.39 is 14.8 Å². The van der Waals surface area contributed by atoms with E-state index >= 15 is 0 Å². The molecule has 0 saturated carbocycles. The van der Waals surface area contributed by atoms with Gasteiger partial charge in [0, 0.05) is 43.3 Å². The zero-order chi connectivity index (χ0) is 2.71. The van der Waals surface area contributed by atoms with Crippen molar-refractivity contribution in [3.8, 4) is 0 Å². The summed E-state index contributed by atoms with van der Waals surface area (Å²) >= 11 is -1.44. The molecule has 0 aromatic carbocycles. The van der Waals surface area contributed by atoms with Crippen molar-refractivity contribution >= 4 is 0 Å². The van der Waals surface area contributed by atoms with Gasteiger partial charge in [-0.25, -0.2) is 0 Å². The molecule has 0 bridgehead atoms. The van der Waals surface area contributed by atoms with E-state index in [-0.39, 0.29) is 43.3 Å². The Balaban J connectivity index is -0.0000000200. The van der Waals surface area contributed by atoms with Gasteiger partial charge in [-0.1, -0.05) is 0 Å². The molecule has 0 aromatic heterocycles. The minimum absolute atomic E-state index is 0. The smallest absolute Gasteiger partial charge is 0 e. The first-order valence-electron chi connectivity index (χ1n) is 0.309. The monoisotopic (exact) mass is 233 g/mol. The molecule has 31 valence electrons. The van der Waals surface area contributed by atoms with Gasteiger partial charge < -0.3 is 0 Å². The number of rotatable bonds is 0. The third-order valence-corrected chi connectivity index (χ3v) is 0. The van der Waals surface area contributed by atoms with E-state index in [1.807, 2.05) is 0 Å². The van der Waals surface area contributed by atoms with Crippen LogP contribution in [0, 0.1) is 0 Å². The summed E-state index contributed by atoms with van der Waals surface area (Å²) in [5.41, 5.74) is 0. The van der Waals surface area contributed by atoms with Crippen molar-refractivity contribution in [2.45, 2.75) is 0 Å². The maximum atomic E-state index is 8.41. The molecule has 2 nitrogen and oxygen atoms in total. The van der Waals surface area contributed by atoms with Crippen molar-refractivity contribution in [3.05, 3.63) is 0 Å². The number of hydrogen-bond acceptors (Lipinski definition) is 2. The van der Waals surface area contributed by atoms with Gasteiger partial charge in [-0.15, -0.1) is 0 Å². The van der Waals surface area contributed by atoms with Gasteiger partial charge in [-0.3, -0.25) is 0 Å². The molecular weight excluding hydrogens is 234 g/mol. The van der Waals surface area contributed by atoms with Crippen molar-refractivity contribution in [2.24, 2.45) is 0 Å². The Labute approximate surface area is 65.2 Å². The summed E-state index contributed by atoms with van der Waals surface area (Å²) in [6, 6.07) is 0. The zero-order valence-corrected chi connectivity index (χ0v) is 6.79. The summed E-state index contributed by atoms with van der Waals surface area (Å²) in [6.07, 6.45) is 0. The molecule has 0 fully saturated rings. The zero-order valence-electron chi connectivity index (χ0n) is 2.05. The van der Waals surface area contributed by atoms with Crippen LogP contribution in [-0.2, 0) is 65.8 Å². The van der Waals surface area contributed by atoms with E-state index in [2.05, 4.69) is 0 Å². The van der Waals surface area contributed by atoms with Crippen LogP contribution in [-0.4, -0.2) is 0 Å². The van der Waals surface area contributed by atoms with Crippen LogP contribution in [0.5, 0.6) is 0 Å². The largest absolute Gasteiger partial charge is 0 e. The quantitative estimate of drug-likeness (QED) is 0.542. The maximum Gasteiger partial charge on any atom is 0 e. The van der Waals surface area contributed by atoms with Crippen molar-refractivity contribution in [2.75, 3.05) is 0 Å². The molecule has 0 spiro atoms. The second-order valence-electron chi connectivity index (χ2n) is 0.0630. The van der Waals surface area contributed by atoms with Crippen molar-refractivity contribution in [1.82, 2.24) is 0 Å². The summed E-state index contributed by atoms with van der Waals surface area (Å²) in [6.45, 7) is 0. The molecule has 0 heterocycles. The van der Waals surface area contributed by atoms with Crippen LogP contribution < -0.4 is 0 Å². The summed E-state index contributed by atoms with van der Waals surface area (Å²) in [5, 5.41) is 0. The SMILES string of the molecule is [Fe].[O]=[Mn]=[O].[Zr]. The van der Waals surface area contributed by atoms with Gasteiger partial charge in [-0.05, 0) is 0 Å². The fourth-order valence-electron chi connectivity index (χ4n) is 0. The Morgan fingerprint density at radius 3 is 1.20 bits per heavy atom. The van der Waals surface area contributed by atoms with Crippen molar-refractivity contribution < 1.29 is 65.8 Å². The molecule has 0 aliphatic carbocycles. The second kappa shape index (κ2) is 17.8. The average Bonchev–Trinajstić information content (AvgIpc) is 0.918. The topological polar surface area (TPSA) is 34.1 Å². The van der Waals surface area contributed by atoms with E-state index in [1.54, 1.807) is 0 Å². The third-order valence-electron chi connectivity index (χ3n) is 0. The summed E-state index contributed by atoms with van der Waals surface area (Å²) in [4.78, 5) is 0. The van der Waals surface area contributed by atoms with Gasteiger partial charge >= 0.3 is 22.5 Å². The summed E-state index contributed by atoms with van der Waals surface area (Å²) in [5.74, 6) is 0. The van der Waals surface area contributed by atoms with Crippen LogP contribution >= 0.6 is 0 Å². The maximum absolute atomic E-state index is 8.41. The van der Waals surface area contributed by atoms with E-state index in [0.29, 0.717) is 0 Å². The van der Waals surface area contributed by atoms with Crippen LogP contribution in [0.1, 0.15) is 0 Å². The van der Waals surface area contributed by atoms with Crippen LogP contribution in [0.4, 0.5) is 0 Å². The molecule has 0 aliphatic rings. The van der Waals surface area contributed by atoms with E-state index in [1.165, 1.54) is 0 Å². The molecule has 0 atom stereocenters. The van der Waals surface area contributed by atoms with Gasteiger partial charge in [0.25, 0.3) is 0 Å². The normalized spacial score (nSPS) is 2.40. The van der Waals surface area contributed by atoms with E-state index in [4.69, 9.17) is 7.67 Å². The van der Waals surface area contributed by atoms with Crippen LogP contribution in [0.3, 0.4) is 0 Å². The molecule has 0 amide bonds. The van der Waals surface area contributed by atoms with Gasteiger partial charge in [0.15, 0.2) is 0 Å². The third kappa shape index (κ3) is 29.6. The summed E-state index contributed by atoms with van der Waals surface area (Å²) in [7, 11) is 0. The average molecular weight is 234 g/mol. The Kier molecular flexibility index (Phi) is 56.9. The predicted molar refractivity (Wildman–Crippen MR) is 1.37 cm³/mol. The number of hydrogen-bond donors (Lipinski definition) is 0. The van der Waals surface area contributed by atoms with Crippen LogP contribution in [0.15, 0.2) is 0 Å². The fraction of sp³-hybridized carbons (Fsp3) is 0. The van der Waals surface area contributed by atoms with Crippen molar-refractivity contribution in [1.29, 1.82) is 0 Å². The molecule has 5 heavy (non-hydrogen) atoms. The van der Waals surface area contributed by atoms with Gasteiger partial charge in [0.2, 0.25) is 0 Å². The van der Waals surface area contributed by atoms with Gasteiger partial charge in [0.05, 0.1) is 0 Å². The molecule has 0 unspecified atom stereocenters. The van der Waals surface area contributed by atoms with E-state index in [9.17, 15) is 0 Å². The Morgan fingerprint density at radius 1 is 1.20 bits per heavy atom. The van der Waals surface area contributed by atoms with Crippen LogP contribution in [0.2, 0.25) is 0 Å². The molecule has 5 heteroatoms. The molecule has 0 rings (SSSR count). The molecule has 0 N–H and O–H groups in total. The first kappa shape index (κ1) is 16.0. The molecule has 0 radical (unpaired) electrons.